The Labute approximate surface area is 102 Å². The van der Waals surface area contributed by atoms with Crippen LogP contribution in [-0.2, 0) is 6.54 Å². The van der Waals surface area contributed by atoms with Crippen molar-refractivity contribution in [3.05, 3.63) is 29.4 Å². The van der Waals surface area contributed by atoms with Crippen LogP contribution in [0.25, 0.3) is 0 Å². The van der Waals surface area contributed by atoms with Crippen LogP contribution in [-0.4, -0.2) is 22.2 Å². The summed E-state index contributed by atoms with van der Waals surface area (Å²) < 4.78 is 1.82. The quantitative estimate of drug-likeness (QED) is 0.729. The Morgan fingerprint density at radius 3 is 3.00 bits per heavy atom. The Bertz CT molecular complexity index is 505. The fraction of sp³-hybridized carbons (Fsp3) is 0.200. The molecule has 2 aromatic heterocycles. The number of nitrogens with one attached hydrogen (secondary N) is 1. The molecule has 90 valence electrons. The number of anilines is 2. The van der Waals surface area contributed by atoms with E-state index in [4.69, 9.17) is 11.5 Å². The monoisotopic (exact) mass is 251 g/mol. The lowest BCUT2D eigenvalue weighted by molar-refractivity contribution is 0.100. The lowest BCUT2D eigenvalue weighted by atomic mass is 10.4. The van der Waals surface area contributed by atoms with E-state index in [1.54, 1.807) is 12.3 Å². The van der Waals surface area contributed by atoms with Crippen LogP contribution in [0.5, 0.6) is 0 Å². The number of carbonyl (C=O) groups is 1. The van der Waals surface area contributed by atoms with E-state index < -0.39 is 5.91 Å². The molecule has 0 radical (unpaired) electrons. The number of rotatable bonds is 5. The van der Waals surface area contributed by atoms with Gasteiger partial charge < -0.3 is 16.8 Å². The molecule has 0 unspecified atom stereocenters. The number of nitrogens with zero attached hydrogens (tertiary/aromatic N) is 2. The van der Waals surface area contributed by atoms with Gasteiger partial charge in [0.1, 0.15) is 4.88 Å². The Balaban J connectivity index is 1.91. The number of primary amides is 1. The minimum absolute atomic E-state index is 0.395. The Hall–Kier alpha value is -2.02. The molecule has 0 saturated carbocycles. The van der Waals surface area contributed by atoms with Crippen molar-refractivity contribution in [2.45, 2.75) is 6.54 Å². The fourth-order valence-electron chi connectivity index (χ4n) is 1.41. The van der Waals surface area contributed by atoms with Crippen LogP contribution in [0.15, 0.2) is 24.5 Å². The first-order valence-electron chi connectivity index (χ1n) is 5.07. The highest BCUT2D eigenvalue weighted by Gasteiger charge is 2.10. The molecule has 7 heteroatoms. The molecule has 0 aliphatic rings. The summed E-state index contributed by atoms with van der Waals surface area (Å²) >= 11 is 1.26. The summed E-state index contributed by atoms with van der Waals surface area (Å²) in [7, 11) is 0. The van der Waals surface area contributed by atoms with Crippen molar-refractivity contribution >= 4 is 27.9 Å². The number of hydrogen-bond acceptors (Lipinski definition) is 5. The van der Waals surface area contributed by atoms with Crippen LogP contribution in [0.2, 0.25) is 0 Å². The lowest BCUT2D eigenvalue weighted by Gasteiger charge is -2.03. The zero-order chi connectivity index (χ0) is 12.3. The second-order valence-corrected chi connectivity index (χ2v) is 4.51. The summed E-state index contributed by atoms with van der Waals surface area (Å²) in [4.78, 5) is 11.4. The predicted molar refractivity (Wildman–Crippen MR) is 68.0 cm³/mol. The van der Waals surface area contributed by atoms with E-state index in [2.05, 4.69) is 10.4 Å². The van der Waals surface area contributed by atoms with Crippen LogP contribution >= 0.6 is 11.3 Å². The van der Waals surface area contributed by atoms with E-state index in [0.717, 1.165) is 11.5 Å². The maximum atomic E-state index is 11.0. The highest BCUT2D eigenvalue weighted by atomic mass is 32.1. The van der Waals surface area contributed by atoms with Crippen molar-refractivity contribution in [3.8, 4) is 0 Å². The molecule has 0 atom stereocenters. The minimum Gasteiger partial charge on any atom is -0.397 e. The first-order chi connectivity index (χ1) is 8.16. The van der Waals surface area contributed by atoms with E-state index in [9.17, 15) is 4.79 Å². The maximum Gasteiger partial charge on any atom is 0.260 e. The highest BCUT2D eigenvalue weighted by molar-refractivity contribution is 7.18. The standard InChI is InChI=1S/C10H13N5OS/c11-7-6-8(17-9(7)10(12)16)13-3-5-15-4-1-2-14-15/h1-2,4,6,13H,3,5,11H2,(H2,12,16). The Kier molecular flexibility index (Phi) is 3.29. The summed E-state index contributed by atoms with van der Waals surface area (Å²) in [5.74, 6) is -0.493. The van der Waals surface area contributed by atoms with E-state index in [0.29, 0.717) is 17.1 Å². The van der Waals surface area contributed by atoms with E-state index in [1.807, 2.05) is 16.9 Å². The number of aromatic nitrogens is 2. The lowest BCUT2D eigenvalue weighted by Crippen LogP contribution is -2.10. The topological polar surface area (TPSA) is 99.0 Å². The summed E-state index contributed by atoms with van der Waals surface area (Å²) in [5.41, 5.74) is 11.3. The van der Waals surface area contributed by atoms with Gasteiger partial charge in [-0.3, -0.25) is 9.48 Å². The number of hydrogen-bond donors (Lipinski definition) is 3. The molecule has 1 amide bonds. The van der Waals surface area contributed by atoms with Crippen molar-refractivity contribution in [2.24, 2.45) is 5.73 Å². The largest absolute Gasteiger partial charge is 0.397 e. The summed E-state index contributed by atoms with van der Waals surface area (Å²) in [6.07, 6.45) is 3.62. The van der Waals surface area contributed by atoms with Gasteiger partial charge in [0.15, 0.2) is 0 Å². The molecule has 17 heavy (non-hydrogen) atoms. The average Bonchev–Trinajstić information content (AvgIpc) is 2.88. The van der Waals surface area contributed by atoms with Crippen molar-refractivity contribution in [2.75, 3.05) is 17.6 Å². The molecule has 0 aliphatic carbocycles. The fourth-order valence-corrected chi connectivity index (χ4v) is 2.27. The molecule has 2 aromatic rings. The van der Waals surface area contributed by atoms with Gasteiger partial charge in [-0.05, 0) is 12.1 Å². The van der Waals surface area contributed by atoms with Gasteiger partial charge in [0.25, 0.3) is 5.91 Å². The number of nitrogen functional groups attached to an aromatic ring is 1. The van der Waals surface area contributed by atoms with Crippen LogP contribution in [0.4, 0.5) is 10.7 Å². The van der Waals surface area contributed by atoms with Crippen molar-refractivity contribution in [3.63, 3.8) is 0 Å². The molecule has 0 bridgehead atoms. The van der Waals surface area contributed by atoms with Crippen LogP contribution in [0.1, 0.15) is 9.67 Å². The summed E-state index contributed by atoms with van der Waals surface area (Å²) in [5, 5.41) is 8.09. The van der Waals surface area contributed by atoms with E-state index >= 15 is 0 Å². The smallest absolute Gasteiger partial charge is 0.260 e. The molecule has 5 N–H and O–H groups in total. The van der Waals surface area contributed by atoms with Gasteiger partial charge in [-0.15, -0.1) is 11.3 Å². The van der Waals surface area contributed by atoms with Gasteiger partial charge >= 0.3 is 0 Å². The predicted octanol–water partition coefficient (Wildman–Crippen LogP) is 0.738. The zero-order valence-electron chi connectivity index (χ0n) is 9.09. The first kappa shape index (κ1) is 11.5. The normalized spacial score (nSPS) is 10.4. The van der Waals surface area contributed by atoms with Crippen LogP contribution in [0, 0.1) is 0 Å². The van der Waals surface area contributed by atoms with E-state index in [-0.39, 0.29) is 0 Å². The Morgan fingerprint density at radius 1 is 1.59 bits per heavy atom. The maximum absolute atomic E-state index is 11.0. The SMILES string of the molecule is NC(=O)c1sc(NCCn2cccn2)cc1N. The van der Waals surface area contributed by atoms with Gasteiger partial charge in [0.05, 0.1) is 17.2 Å². The van der Waals surface area contributed by atoms with Crippen LogP contribution < -0.4 is 16.8 Å². The molecule has 0 aliphatic heterocycles. The van der Waals surface area contributed by atoms with E-state index in [1.165, 1.54) is 11.3 Å². The highest BCUT2D eigenvalue weighted by Crippen LogP contribution is 2.28. The van der Waals surface area contributed by atoms with Gasteiger partial charge in [0, 0.05) is 18.9 Å². The molecule has 0 aromatic carbocycles. The molecule has 2 heterocycles. The third-order valence-corrected chi connectivity index (χ3v) is 3.31. The Morgan fingerprint density at radius 2 is 2.41 bits per heavy atom. The second-order valence-electron chi connectivity index (χ2n) is 3.46. The number of nitrogens with two attached hydrogens (primary N) is 2. The average molecular weight is 251 g/mol. The molecular weight excluding hydrogens is 238 g/mol. The zero-order valence-corrected chi connectivity index (χ0v) is 9.91. The molecule has 0 spiro atoms. The second kappa shape index (κ2) is 4.88. The van der Waals surface area contributed by atoms with Crippen molar-refractivity contribution < 1.29 is 4.79 Å². The van der Waals surface area contributed by atoms with Gasteiger partial charge in [-0.2, -0.15) is 5.10 Å². The van der Waals surface area contributed by atoms with Gasteiger partial charge in [-0.1, -0.05) is 0 Å². The van der Waals surface area contributed by atoms with Gasteiger partial charge in [0.2, 0.25) is 0 Å². The van der Waals surface area contributed by atoms with Crippen molar-refractivity contribution in [1.29, 1.82) is 0 Å². The van der Waals surface area contributed by atoms with Gasteiger partial charge in [-0.25, -0.2) is 0 Å². The number of amides is 1. The van der Waals surface area contributed by atoms with Crippen LogP contribution in [0.3, 0.4) is 0 Å². The molecule has 0 saturated heterocycles. The third-order valence-electron chi connectivity index (χ3n) is 2.18. The molecular formula is C10H13N5OS. The molecule has 6 nitrogen and oxygen atoms in total. The number of thiophene rings is 1. The summed E-state index contributed by atoms with van der Waals surface area (Å²) in [6.45, 7) is 1.45. The number of carbonyl (C=O) groups excluding carboxylic acids is 1. The summed E-state index contributed by atoms with van der Waals surface area (Å²) in [6, 6.07) is 3.59. The molecule has 0 fully saturated rings. The third kappa shape index (κ3) is 2.76. The molecule has 2 rings (SSSR count). The van der Waals surface area contributed by atoms with Crippen molar-refractivity contribution in [1.82, 2.24) is 9.78 Å². The first-order valence-corrected chi connectivity index (χ1v) is 5.89. The minimum atomic E-state index is -0.493.